The highest BCUT2D eigenvalue weighted by atomic mass is 19.1. The summed E-state index contributed by atoms with van der Waals surface area (Å²) < 4.78 is 18.4. The third-order valence-corrected chi connectivity index (χ3v) is 3.83. The second-order valence-electron chi connectivity index (χ2n) is 5.86. The van der Waals surface area contributed by atoms with E-state index in [1.165, 1.54) is 13.2 Å². The van der Waals surface area contributed by atoms with Crippen molar-refractivity contribution in [2.75, 3.05) is 17.7 Å². The summed E-state index contributed by atoms with van der Waals surface area (Å²) in [6.07, 6.45) is 0. The van der Waals surface area contributed by atoms with Crippen LogP contribution in [0.4, 0.5) is 21.8 Å². The van der Waals surface area contributed by atoms with Gasteiger partial charge in [-0.05, 0) is 37.3 Å². The molecule has 0 fully saturated rings. The van der Waals surface area contributed by atoms with Crippen molar-refractivity contribution >= 4 is 23.4 Å². The number of rotatable bonds is 6. The van der Waals surface area contributed by atoms with Crippen molar-refractivity contribution in [2.45, 2.75) is 13.5 Å². The van der Waals surface area contributed by atoms with Gasteiger partial charge in [-0.25, -0.2) is 14.2 Å². The Hall–Kier alpha value is -3.48. The second kappa shape index (κ2) is 8.27. The minimum atomic E-state index is -0.390. The first-order chi connectivity index (χ1) is 13.0. The number of aryl methyl sites for hydroxylation is 1. The number of benzene rings is 2. The standard InChI is InChI=1S/C20H19FN4O2/c1-13-11-18(24-16-9-7-14(8-10-16)19(26)27-2)25-20(23-13)22-12-15-5-3-4-6-17(15)21/h3-11H,12H2,1-2H3,(H2,22,23,24,25). The number of ether oxygens (including phenoxy) is 1. The molecule has 3 rings (SSSR count). The van der Waals surface area contributed by atoms with Crippen molar-refractivity contribution in [3.05, 3.63) is 77.2 Å². The van der Waals surface area contributed by atoms with Gasteiger partial charge in [-0.1, -0.05) is 18.2 Å². The van der Waals surface area contributed by atoms with Crippen LogP contribution in [0.15, 0.2) is 54.6 Å². The van der Waals surface area contributed by atoms with Crippen LogP contribution < -0.4 is 10.6 Å². The Morgan fingerprint density at radius 3 is 2.56 bits per heavy atom. The third-order valence-electron chi connectivity index (χ3n) is 3.83. The zero-order valence-electron chi connectivity index (χ0n) is 15.0. The number of nitrogens with zero attached hydrogens (tertiary/aromatic N) is 2. The largest absolute Gasteiger partial charge is 0.465 e. The minimum Gasteiger partial charge on any atom is -0.465 e. The maximum atomic E-state index is 13.7. The molecule has 1 heterocycles. The predicted octanol–water partition coefficient (Wildman–Crippen LogP) is 4.07. The zero-order valence-corrected chi connectivity index (χ0v) is 15.0. The van der Waals surface area contributed by atoms with Gasteiger partial charge in [-0.15, -0.1) is 0 Å². The fraction of sp³-hybridized carbons (Fsp3) is 0.150. The number of methoxy groups -OCH3 is 1. The molecule has 0 amide bonds. The monoisotopic (exact) mass is 366 g/mol. The summed E-state index contributed by atoms with van der Waals surface area (Å²) in [5.74, 6) is 0.317. The van der Waals surface area contributed by atoms with E-state index in [0.717, 1.165) is 11.4 Å². The normalized spacial score (nSPS) is 10.3. The Morgan fingerprint density at radius 2 is 1.85 bits per heavy atom. The van der Waals surface area contributed by atoms with E-state index in [0.29, 0.717) is 22.9 Å². The van der Waals surface area contributed by atoms with E-state index >= 15 is 0 Å². The number of hydrogen-bond donors (Lipinski definition) is 2. The molecule has 0 aliphatic heterocycles. The van der Waals surface area contributed by atoms with E-state index in [1.807, 2.05) is 6.92 Å². The highest BCUT2D eigenvalue weighted by Gasteiger charge is 2.07. The van der Waals surface area contributed by atoms with Gasteiger partial charge in [0.1, 0.15) is 11.6 Å². The summed E-state index contributed by atoms with van der Waals surface area (Å²) in [6, 6.07) is 15.2. The number of carbonyl (C=O) groups excluding carboxylic acids is 1. The molecular formula is C20H19FN4O2. The smallest absolute Gasteiger partial charge is 0.337 e. The van der Waals surface area contributed by atoms with Gasteiger partial charge in [-0.2, -0.15) is 4.98 Å². The summed E-state index contributed by atoms with van der Waals surface area (Å²) in [6.45, 7) is 2.13. The van der Waals surface area contributed by atoms with E-state index in [4.69, 9.17) is 0 Å². The van der Waals surface area contributed by atoms with Crippen molar-refractivity contribution in [3.63, 3.8) is 0 Å². The van der Waals surface area contributed by atoms with Crippen LogP contribution in [-0.4, -0.2) is 23.0 Å². The maximum absolute atomic E-state index is 13.7. The molecule has 0 aliphatic carbocycles. The number of esters is 1. The summed E-state index contributed by atoms with van der Waals surface area (Å²) in [5.41, 5.74) is 2.53. The Morgan fingerprint density at radius 1 is 1.11 bits per heavy atom. The quantitative estimate of drug-likeness (QED) is 0.641. The van der Waals surface area contributed by atoms with Gasteiger partial charge in [0.2, 0.25) is 5.95 Å². The molecule has 0 saturated carbocycles. The van der Waals surface area contributed by atoms with Crippen molar-refractivity contribution in [2.24, 2.45) is 0 Å². The number of carbonyl (C=O) groups is 1. The number of nitrogens with one attached hydrogen (secondary N) is 2. The van der Waals surface area contributed by atoms with E-state index in [-0.39, 0.29) is 18.3 Å². The predicted molar refractivity (Wildman–Crippen MR) is 102 cm³/mol. The minimum absolute atomic E-state index is 0.276. The molecule has 2 N–H and O–H groups in total. The summed E-state index contributed by atoms with van der Waals surface area (Å²) >= 11 is 0. The lowest BCUT2D eigenvalue weighted by atomic mass is 10.2. The van der Waals surface area contributed by atoms with Crippen LogP contribution in [-0.2, 0) is 11.3 Å². The molecule has 2 aromatic carbocycles. The molecule has 3 aromatic rings. The molecule has 6 nitrogen and oxygen atoms in total. The van der Waals surface area contributed by atoms with Crippen LogP contribution >= 0.6 is 0 Å². The van der Waals surface area contributed by atoms with Crippen molar-refractivity contribution in [3.8, 4) is 0 Å². The molecule has 0 bridgehead atoms. The average molecular weight is 366 g/mol. The van der Waals surface area contributed by atoms with Crippen molar-refractivity contribution in [1.29, 1.82) is 0 Å². The van der Waals surface area contributed by atoms with Crippen molar-refractivity contribution in [1.82, 2.24) is 9.97 Å². The lowest BCUT2D eigenvalue weighted by molar-refractivity contribution is 0.0601. The van der Waals surface area contributed by atoms with Crippen LogP contribution in [0.25, 0.3) is 0 Å². The molecular weight excluding hydrogens is 347 g/mol. The number of aromatic nitrogens is 2. The maximum Gasteiger partial charge on any atom is 0.337 e. The molecule has 1 aromatic heterocycles. The molecule has 0 radical (unpaired) electrons. The highest BCUT2D eigenvalue weighted by Crippen LogP contribution is 2.18. The van der Waals surface area contributed by atoms with Gasteiger partial charge >= 0.3 is 5.97 Å². The summed E-state index contributed by atoms with van der Waals surface area (Å²) in [5, 5.41) is 6.20. The van der Waals surface area contributed by atoms with Gasteiger partial charge in [-0.3, -0.25) is 0 Å². The molecule has 0 atom stereocenters. The Balaban J connectivity index is 1.71. The van der Waals surface area contributed by atoms with Gasteiger partial charge in [0.05, 0.1) is 12.7 Å². The van der Waals surface area contributed by atoms with E-state index in [2.05, 4.69) is 25.3 Å². The SMILES string of the molecule is COC(=O)c1ccc(Nc2cc(C)nc(NCc3ccccc3F)n2)cc1. The molecule has 27 heavy (non-hydrogen) atoms. The van der Waals surface area contributed by atoms with Gasteiger partial charge in [0.15, 0.2) is 0 Å². The zero-order chi connectivity index (χ0) is 19.2. The Kier molecular flexibility index (Phi) is 5.61. The van der Waals surface area contributed by atoms with Gasteiger partial charge in [0.25, 0.3) is 0 Å². The number of hydrogen-bond acceptors (Lipinski definition) is 6. The topological polar surface area (TPSA) is 76.1 Å². The first-order valence-corrected chi connectivity index (χ1v) is 8.33. The molecule has 7 heteroatoms. The Labute approximate surface area is 156 Å². The average Bonchev–Trinajstić information content (AvgIpc) is 2.67. The van der Waals surface area contributed by atoms with E-state index in [9.17, 15) is 9.18 Å². The van der Waals surface area contributed by atoms with E-state index in [1.54, 1.807) is 48.5 Å². The molecule has 0 saturated heterocycles. The van der Waals surface area contributed by atoms with Gasteiger partial charge < -0.3 is 15.4 Å². The summed E-state index contributed by atoms with van der Waals surface area (Å²) in [7, 11) is 1.34. The first kappa shape index (κ1) is 18.3. The van der Waals surface area contributed by atoms with Crippen LogP contribution in [0.5, 0.6) is 0 Å². The Bertz CT molecular complexity index is 945. The fourth-order valence-electron chi connectivity index (χ4n) is 2.48. The second-order valence-corrected chi connectivity index (χ2v) is 5.86. The van der Waals surface area contributed by atoms with Crippen LogP contribution in [0.1, 0.15) is 21.6 Å². The van der Waals surface area contributed by atoms with Crippen LogP contribution in [0, 0.1) is 12.7 Å². The number of anilines is 3. The molecule has 0 aliphatic rings. The fourth-order valence-corrected chi connectivity index (χ4v) is 2.48. The van der Waals surface area contributed by atoms with E-state index < -0.39 is 0 Å². The molecule has 138 valence electrons. The lowest BCUT2D eigenvalue weighted by Gasteiger charge is -2.11. The first-order valence-electron chi connectivity index (χ1n) is 8.33. The molecule has 0 unspecified atom stereocenters. The molecule has 0 spiro atoms. The number of halogens is 1. The van der Waals surface area contributed by atoms with Crippen molar-refractivity contribution < 1.29 is 13.9 Å². The third kappa shape index (κ3) is 4.78. The lowest BCUT2D eigenvalue weighted by Crippen LogP contribution is -2.07. The summed E-state index contributed by atoms with van der Waals surface area (Å²) in [4.78, 5) is 20.2. The van der Waals surface area contributed by atoms with Crippen LogP contribution in [0.3, 0.4) is 0 Å². The van der Waals surface area contributed by atoms with Crippen LogP contribution in [0.2, 0.25) is 0 Å². The highest BCUT2D eigenvalue weighted by molar-refractivity contribution is 5.89. The van der Waals surface area contributed by atoms with Gasteiger partial charge in [0, 0.05) is 29.6 Å².